The van der Waals surface area contributed by atoms with Gasteiger partial charge in [-0.05, 0) is 44.4 Å². The van der Waals surface area contributed by atoms with Gasteiger partial charge in [-0.15, -0.1) is 0 Å². The fraction of sp³-hybridized carbons (Fsp3) is 0.562. The van der Waals surface area contributed by atoms with Gasteiger partial charge in [0.2, 0.25) is 0 Å². The molecule has 1 aromatic rings. The van der Waals surface area contributed by atoms with Gasteiger partial charge in [0, 0.05) is 12.9 Å². The molecular formula is C16H24N2O4S. The Balaban J connectivity index is 1.90. The van der Waals surface area contributed by atoms with Gasteiger partial charge in [0.25, 0.3) is 0 Å². The molecule has 0 radical (unpaired) electrons. The predicted molar refractivity (Wildman–Crippen MR) is 88.1 cm³/mol. The molecule has 7 heteroatoms. The quantitative estimate of drug-likeness (QED) is 0.859. The molecule has 0 saturated carbocycles. The van der Waals surface area contributed by atoms with Crippen molar-refractivity contribution in [2.45, 2.75) is 49.8 Å². The minimum absolute atomic E-state index is 0.0442. The molecule has 1 aromatic carbocycles. The number of nitrogens with one attached hydrogen (secondary N) is 2. The molecule has 2 amide bonds. The smallest absolute Gasteiger partial charge is 0.315 e. The molecule has 1 heterocycles. The molecule has 2 rings (SSSR count). The van der Waals surface area contributed by atoms with Crippen LogP contribution >= 0.6 is 0 Å². The molecule has 3 atom stereocenters. The summed E-state index contributed by atoms with van der Waals surface area (Å²) in [5.41, 5.74) is 0.845. The first kappa shape index (κ1) is 17.7. The molecule has 1 aliphatic heterocycles. The Morgan fingerprint density at radius 2 is 1.87 bits per heavy atom. The summed E-state index contributed by atoms with van der Waals surface area (Å²) in [5, 5.41) is 5.74. The maximum absolute atomic E-state index is 12.0. The van der Waals surface area contributed by atoms with Crippen molar-refractivity contribution < 1.29 is 17.9 Å². The lowest BCUT2D eigenvalue weighted by Gasteiger charge is -2.22. The van der Waals surface area contributed by atoms with Crippen molar-refractivity contribution in [3.8, 4) is 0 Å². The lowest BCUT2D eigenvalue weighted by molar-refractivity contribution is 0.0859. The molecule has 2 N–H and O–H groups in total. The van der Waals surface area contributed by atoms with Gasteiger partial charge < -0.3 is 15.4 Å². The average molecular weight is 340 g/mol. The number of benzene rings is 1. The van der Waals surface area contributed by atoms with Crippen LogP contribution in [0.4, 0.5) is 4.79 Å². The summed E-state index contributed by atoms with van der Waals surface area (Å²) in [5.74, 6) is 0. The highest BCUT2D eigenvalue weighted by molar-refractivity contribution is 7.90. The zero-order chi connectivity index (χ0) is 17.0. The standard InChI is InChI=1S/C16H24N2O4S/c1-11(13-6-8-14(9-7-13)23(3,20)21)17-16(19)18-12(2)15-5-4-10-22-15/h6-9,11-12,15H,4-5,10H2,1-3H3,(H2,17,18,19). The first-order chi connectivity index (χ1) is 10.8. The first-order valence-electron chi connectivity index (χ1n) is 7.76. The Hall–Kier alpha value is -1.60. The number of carbonyl (C=O) groups excluding carboxylic acids is 1. The van der Waals surface area contributed by atoms with Crippen LogP contribution < -0.4 is 10.6 Å². The topological polar surface area (TPSA) is 84.5 Å². The van der Waals surface area contributed by atoms with E-state index in [0.717, 1.165) is 25.0 Å². The monoisotopic (exact) mass is 340 g/mol. The Labute approximate surface area is 137 Å². The van der Waals surface area contributed by atoms with E-state index in [1.54, 1.807) is 24.3 Å². The van der Waals surface area contributed by atoms with Crippen LogP contribution in [0.1, 0.15) is 38.3 Å². The van der Waals surface area contributed by atoms with Crippen molar-refractivity contribution >= 4 is 15.9 Å². The number of rotatable bonds is 5. The third kappa shape index (κ3) is 4.94. The molecule has 1 fully saturated rings. The largest absolute Gasteiger partial charge is 0.376 e. The Morgan fingerprint density at radius 3 is 2.39 bits per heavy atom. The van der Waals surface area contributed by atoms with E-state index >= 15 is 0 Å². The second kappa shape index (κ2) is 7.31. The van der Waals surface area contributed by atoms with E-state index in [-0.39, 0.29) is 29.1 Å². The van der Waals surface area contributed by atoms with Gasteiger partial charge in [-0.25, -0.2) is 13.2 Å². The number of sulfone groups is 1. The summed E-state index contributed by atoms with van der Waals surface area (Å²) in [6, 6.07) is 6.01. The number of hydrogen-bond donors (Lipinski definition) is 2. The summed E-state index contributed by atoms with van der Waals surface area (Å²) in [4.78, 5) is 12.3. The van der Waals surface area contributed by atoms with Crippen LogP contribution in [0.5, 0.6) is 0 Å². The van der Waals surface area contributed by atoms with Crippen molar-refractivity contribution in [1.29, 1.82) is 0 Å². The molecule has 3 unspecified atom stereocenters. The minimum atomic E-state index is -3.21. The van der Waals surface area contributed by atoms with E-state index in [1.165, 1.54) is 6.26 Å². The number of carbonyl (C=O) groups is 1. The molecule has 0 aliphatic carbocycles. The molecule has 0 aromatic heterocycles. The number of ether oxygens (including phenoxy) is 1. The highest BCUT2D eigenvalue weighted by Crippen LogP contribution is 2.17. The van der Waals surface area contributed by atoms with E-state index in [0.29, 0.717) is 0 Å². The maximum Gasteiger partial charge on any atom is 0.315 e. The summed E-state index contributed by atoms with van der Waals surface area (Å²) in [6.07, 6.45) is 3.24. The van der Waals surface area contributed by atoms with Crippen LogP contribution in [0.3, 0.4) is 0 Å². The van der Waals surface area contributed by atoms with Crippen molar-refractivity contribution in [1.82, 2.24) is 10.6 Å². The molecular weight excluding hydrogens is 316 g/mol. The summed E-state index contributed by atoms with van der Waals surface area (Å²) >= 11 is 0. The zero-order valence-electron chi connectivity index (χ0n) is 13.7. The van der Waals surface area contributed by atoms with Crippen LogP contribution in [0.2, 0.25) is 0 Å². The molecule has 1 saturated heterocycles. The van der Waals surface area contributed by atoms with Crippen LogP contribution in [-0.2, 0) is 14.6 Å². The second-order valence-corrected chi connectivity index (χ2v) is 8.04. The third-order valence-corrected chi connectivity index (χ3v) is 5.17. The Bertz CT molecular complexity index is 637. The molecule has 0 bridgehead atoms. The highest BCUT2D eigenvalue weighted by atomic mass is 32.2. The van der Waals surface area contributed by atoms with Crippen molar-refractivity contribution in [3.63, 3.8) is 0 Å². The van der Waals surface area contributed by atoms with E-state index in [1.807, 2.05) is 13.8 Å². The summed E-state index contributed by atoms with van der Waals surface area (Å²) < 4.78 is 28.4. The van der Waals surface area contributed by atoms with Gasteiger partial charge in [0.15, 0.2) is 9.84 Å². The molecule has 1 aliphatic rings. The fourth-order valence-corrected chi connectivity index (χ4v) is 3.25. The highest BCUT2D eigenvalue weighted by Gasteiger charge is 2.24. The zero-order valence-corrected chi connectivity index (χ0v) is 14.5. The third-order valence-electron chi connectivity index (χ3n) is 4.04. The normalized spacial score (nSPS) is 20.7. The van der Waals surface area contributed by atoms with Gasteiger partial charge in [0.05, 0.1) is 23.1 Å². The van der Waals surface area contributed by atoms with E-state index < -0.39 is 9.84 Å². The molecule has 23 heavy (non-hydrogen) atoms. The molecule has 128 valence electrons. The summed E-state index contributed by atoms with van der Waals surface area (Å²) in [7, 11) is -3.21. The van der Waals surface area contributed by atoms with Gasteiger partial charge in [-0.1, -0.05) is 12.1 Å². The Kier molecular flexibility index (Phi) is 5.64. The van der Waals surface area contributed by atoms with E-state index in [4.69, 9.17) is 4.74 Å². The van der Waals surface area contributed by atoms with Crippen molar-refractivity contribution in [2.24, 2.45) is 0 Å². The van der Waals surface area contributed by atoms with Crippen LogP contribution in [-0.4, -0.2) is 39.5 Å². The second-order valence-electron chi connectivity index (χ2n) is 6.02. The van der Waals surface area contributed by atoms with Crippen LogP contribution in [0, 0.1) is 0 Å². The van der Waals surface area contributed by atoms with Crippen LogP contribution in [0.25, 0.3) is 0 Å². The van der Waals surface area contributed by atoms with Crippen molar-refractivity contribution in [2.75, 3.05) is 12.9 Å². The predicted octanol–water partition coefficient (Wildman–Crippen LogP) is 2.02. The van der Waals surface area contributed by atoms with Crippen LogP contribution in [0.15, 0.2) is 29.2 Å². The average Bonchev–Trinajstić information content (AvgIpc) is 3.00. The SMILES string of the molecule is CC(NC(=O)NC(C)C1CCCO1)c1ccc(S(C)(=O)=O)cc1. The number of amides is 2. The lowest BCUT2D eigenvalue weighted by Crippen LogP contribution is -2.46. The van der Waals surface area contributed by atoms with Gasteiger partial charge in [-0.2, -0.15) is 0 Å². The summed E-state index contributed by atoms with van der Waals surface area (Å²) in [6.45, 7) is 4.54. The van der Waals surface area contributed by atoms with E-state index in [2.05, 4.69) is 10.6 Å². The van der Waals surface area contributed by atoms with Crippen molar-refractivity contribution in [3.05, 3.63) is 29.8 Å². The van der Waals surface area contributed by atoms with E-state index in [9.17, 15) is 13.2 Å². The molecule has 0 spiro atoms. The van der Waals surface area contributed by atoms with Gasteiger partial charge in [0.1, 0.15) is 0 Å². The molecule has 6 nitrogen and oxygen atoms in total. The fourth-order valence-electron chi connectivity index (χ4n) is 2.62. The Morgan fingerprint density at radius 1 is 1.22 bits per heavy atom. The number of hydrogen-bond acceptors (Lipinski definition) is 4. The minimum Gasteiger partial charge on any atom is -0.376 e. The lowest BCUT2D eigenvalue weighted by atomic mass is 10.1. The van der Waals surface area contributed by atoms with Gasteiger partial charge >= 0.3 is 6.03 Å². The first-order valence-corrected chi connectivity index (χ1v) is 9.65. The maximum atomic E-state index is 12.0. The van der Waals surface area contributed by atoms with Gasteiger partial charge in [-0.3, -0.25) is 0 Å². The number of urea groups is 1.